The molecular formula is C37H38O6. The predicted molar refractivity (Wildman–Crippen MR) is 164 cm³/mol. The third-order valence-electron chi connectivity index (χ3n) is 7.71. The molecule has 0 aromatic heterocycles. The minimum Gasteiger partial charge on any atom is -0.374 e. The molecule has 4 aromatic carbocycles. The Morgan fingerprint density at radius 2 is 1.02 bits per heavy atom. The standard InChI is InChI=1S/C37H38O6/c1-5-14-29(15-6-1)24-38-28-33-34(39-25-30-16-7-2-8-17-30)35(40-26-31-18-9-3-10-19-31)36(37(43-33)22-13-23-42-37)41-27-32-20-11-4-12-21-32/h1-22,33-36H,23-28H2/t33-,34-,35+,36-,37+/m1/s1. The van der Waals surface area contributed by atoms with Crippen molar-refractivity contribution < 1.29 is 28.4 Å². The Morgan fingerprint density at radius 1 is 0.558 bits per heavy atom. The van der Waals surface area contributed by atoms with Crippen LogP contribution in [0.2, 0.25) is 0 Å². The van der Waals surface area contributed by atoms with E-state index in [2.05, 4.69) is 36.4 Å². The first-order valence-electron chi connectivity index (χ1n) is 14.9. The smallest absolute Gasteiger partial charge is 0.218 e. The highest BCUT2D eigenvalue weighted by molar-refractivity contribution is 5.19. The van der Waals surface area contributed by atoms with Crippen LogP contribution in [0.4, 0.5) is 0 Å². The number of benzene rings is 4. The van der Waals surface area contributed by atoms with Crippen LogP contribution in [0.25, 0.3) is 0 Å². The molecule has 5 atom stereocenters. The number of rotatable bonds is 13. The van der Waals surface area contributed by atoms with E-state index in [-0.39, 0.29) is 0 Å². The van der Waals surface area contributed by atoms with E-state index in [4.69, 9.17) is 28.4 Å². The molecule has 0 radical (unpaired) electrons. The van der Waals surface area contributed by atoms with Crippen molar-refractivity contribution in [1.82, 2.24) is 0 Å². The average molecular weight is 579 g/mol. The highest BCUT2D eigenvalue weighted by Crippen LogP contribution is 2.40. The van der Waals surface area contributed by atoms with Crippen molar-refractivity contribution in [3.8, 4) is 0 Å². The predicted octanol–water partition coefficient (Wildman–Crippen LogP) is 6.64. The lowest BCUT2D eigenvalue weighted by atomic mass is 9.91. The summed E-state index contributed by atoms with van der Waals surface area (Å²) in [6, 6.07) is 40.5. The maximum atomic E-state index is 6.79. The molecule has 0 unspecified atom stereocenters. The lowest BCUT2D eigenvalue weighted by Crippen LogP contribution is -2.66. The van der Waals surface area contributed by atoms with Crippen molar-refractivity contribution in [3.05, 3.63) is 156 Å². The molecule has 1 spiro atoms. The molecule has 43 heavy (non-hydrogen) atoms. The third-order valence-corrected chi connectivity index (χ3v) is 7.71. The topological polar surface area (TPSA) is 55.4 Å². The molecule has 222 valence electrons. The molecule has 0 N–H and O–H groups in total. The van der Waals surface area contributed by atoms with Crippen LogP contribution in [-0.4, -0.2) is 43.4 Å². The molecule has 6 nitrogen and oxygen atoms in total. The molecule has 1 saturated heterocycles. The van der Waals surface area contributed by atoms with E-state index in [9.17, 15) is 0 Å². The monoisotopic (exact) mass is 578 g/mol. The molecule has 0 bridgehead atoms. The molecule has 2 aliphatic heterocycles. The molecule has 6 heteroatoms. The quantitative estimate of drug-likeness (QED) is 0.166. The van der Waals surface area contributed by atoms with Gasteiger partial charge in [0.25, 0.3) is 0 Å². The fourth-order valence-corrected chi connectivity index (χ4v) is 5.56. The number of hydrogen-bond donors (Lipinski definition) is 0. The molecule has 2 heterocycles. The van der Waals surface area contributed by atoms with E-state index in [1.165, 1.54) is 0 Å². The van der Waals surface area contributed by atoms with E-state index >= 15 is 0 Å². The Morgan fingerprint density at radius 3 is 1.51 bits per heavy atom. The summed E-state index contributed by atoms with van der Waals surface area (Å²) >= 11 is 0. The molecule has 4 aromatic rings. The zero-order valence-electron chi connectivity index (χ0n) is 24.2. The first kappa shape index (κ1) is 29.5. The highest BCUT2D eigenvalue weighted by atomic mass is 16.7. The zero-order chi connectivity index (χ0) is 29.2. The van der Waals surface area contributed by atoms with Gasteiger partial charge >= 0.3 is 0 Å². The lowest BCUT2D eigenvalue weighted by molar-refractivity contribution is -0.357. The van der Waals surface area contributed by atoms with Gasteiger partial charge in [0.05, 0.1) is 39.6 Å². The SMILES string of the molecule is C1=C[C@]2(OC1)O[C@H](COCc1ccccc1)[C@@H](OCc1ccccc1)[C@H](OCc1ccccc1)[C@H]2OCc1ccccc1. The third kappa shape index (κ3) is 7.67. The van der Waals surface area contributed by atoms with E-state index in [1.54, 1.807) is 0 Å². The fraction of sp³-hybridized carbons (Fsp3) is 0.297. The van der Waals surface area contributed by atoms with Crippen molar-refractivity contribution in [2.75, 3.05) is 13.2 Å². The minimum atomic E-state index is -1.14. The van der Waals surface area contributed by atoms with Gasteiger partial charge in [0.1, 0.15) is 24.4 Å². The summed E-state index contributed by atoms with van der Waals surface area (Å²) in [5.41, 5.74) is 4.27. The van der Waals surface area contributed by atoms with Gasteiger partial charge in [0, 0.05) is 0 Å². The first-order chi connectivity index (χ1) is 21.3. The molecule has 0 amide bonds. The van der Waals surface area contributed by atoms with Gasteiger partial charge in [-0.3, -0.25) is 0 Å². The van der Waals surface area contributed by atoms with Gasteiger partial charge < -0.3 is 28.4 Å². The van der Waals surface area contributed by atoms with Crippen molar-refractivity contribution in [1.29, 1.82) is 0 Å². The molecular weight excluding hydrogens is 540 g/mol. The van der Waals surface area contributed by atoms with Gasteiger partial charge in [-0.15, -0.1) is 0 Å². The summed E-state index contributed by atoms with van der Waals surface area (Å²) in [7, 11) is 0. The van der Waals surface area contributed by atoms with Crippen molar-refractivity contribution in [2.24, 2.45) is 0 Å². The minimum absolute atomic E-state index is 0.296. The Bertz CT molecular complexity index is 1400. The van der Waals surface area contributed by atoms with Crippen LogP contribution < -0.4 is 0 Å². The summed E-state index contributed by atoms with van der Waals surface area (Å²) in [6.45, 7) is 2.33. The summed E-state index contributed by atoms with van der Waals surface area (Å²) < 4.78 is 39.5. The van der Waals surface area contributed by atoms with Gasteiger partial charge in [0.15, 0.2) is 0 Å². The second-order valence-corrected chi connectivity index (χ2v) is 10.8. The van der Waals surface area contributed by atoms with E-state index < -0.39 is 30.2 Å². The summed E-state index contributed by atoms with van der Waals surface area (Å²) in [5.74, 6) is -1.14. The molecule has 1 fully saturated rings. The van der Waals surface area contributed by atoms with Crippen LogP contribution >= 0.6 is 0 Å². The van der Waals surface area contributed by atoms with Crippen LogP contribution in [0, 0.1) is 0 Å². The van der Waals surface area contributed by atoms with Crippen LogP contribution in [0.3, 0.4) is 0 Å². The largest absolute Gasteiger partial charge is 0.374 e. The summed E-state index contributed by atoms with van der Waals surface area (Å²) in [4.78, 5) is 0. The average Bonchev–Trinajstić information content (AvgIpc) is 3.53. The first-order valence-corrected chi connectivity index (χ1v) is 14.9. The van der Waals surface area contributed by atoms with E-state index in [1.807, 2.05) is 97.1 Å². The molecule has 0 aliphatic carbocycles. The van der Waals surface area contributed by atoms with Crippen molar-refractivity contribution in [2.45, 2.75) is 56.6 Å². The number of hydrogen-bond acceptors (Lipinski definition) is 6. The second-order valence-electron chi connectivity index (χ2n) is 10.8. The van der Waals surface area contributed by atoms with Gasteiger partial charge in [-0.2, -0.15) is 0 Å². The zero-order valence-corrected chi connectivity index (χ0v) is 24.2. The normalized spacial score (nSPS) is 24.8. The highest BCUT2D eigenvalue weighted by Gasteiger charge is 2.57. The summed E-state index contributed by atoms with van der Waals surface area (Å²) in [6.07, 6.45) is 1.84. The van der Waals surface area contributed by atoms with Crippen LogP contribution in [-0.2, 0) is 54.8 Å². The Balaban J connectivity index is 1.30. The maximum absolute atomic E-state index is 6.79. The van der Waals surface area contributed by atoms with Crippen molar-refractivity contribution in [3.63, 3.8) is 0 Å². The van der Waals surface area contributed by atoms with Crippen LogP contribution in [0.1, 0.15) is 22.3 Å². The van der Waals surface area contributed by atoms with Gasteiger partial charge in [0.2, 0.25) is 5.79 Å². The fourth-order valence-electron chi connectivity index (χ4n) is 5.56. The van der Waals surface area contributed by atoms with Crippen LogP contribution in [0.15, 0.2) is 133 Å². The Hall–Kier alpha value is -3.62. The maximum Gasteiger partial charge on any atom is 0.218 e. The molecule has 6 rings (SSSR count). The number of ether oxygens (including phenoxy) is 6. The Kier molecular flexibility index (Phi) is 10.1. The molecule has 0 saturated carbocycles. The van der Waals surface area contributed by atoms with E-state index in [0.717, 1.165) is 22.3 Å². The lowest BCUT2D eigenvalue weighted by Gasteiger charge is -2.50. The van der Waals surface area contributed by atoms with Gasteiger partial charge in [-0.1, -0.05) is 127 Å². The molecule has 2 aliphatic rings. The summed E-state index contributed by atoms with van der Waals surface area (Å²) in [5, 5.41) is 0. The van der Waals surface area contributed by atoms with Gasteiger partial charge in [-0.05, 0) is 28.3 Å². The van der Waals surface area contributed by atoms with Gasteiger partial charge in [-0.25, -0.2) is 0 Å². The van der Waals surface area contributed by atoms with Crippen molar-refractivity contribution >= 4 is 0 Å². The second kappa shape index (κ2) is 14.7. The van der Waals surface area contributed by atoms with Crippen LogP contribution in [0.5, 0.6) is 0 Å². The Labute approximate surface area is 253 Å². The van der Waals surface area contributed by atoms with E-state index in [0.29, 0.717) is 39.6 Å².